The fourth-order valence-corrected chi connectivity index (χ4v) is 0.943. The maximum absolute atomic E-state index is 13.0. The lowest BCUT2D eigenvalue weighted by Gasteiger charge is -2.15. The first kappa shape index (κ1) is 8.69. The molecule has 0 radical (unpaired) electrons. The van der Waals surface area contributed by atoms with Gasteiger partial charge < -0.3 is 5.73 Å². The fraction of sp³-hybridized carbons (Fsp3) is 0.222. The minimum Gasteiger partial charge on any atom is -0.310 e. The monoisotopic (exact) mass is 164 g/mol. The number of benzene rings is 1. The van der Waals surface area contributed by atoms with E-state index in [1.54, 1.807) is 12.1 Å². The maximum atomic E-state index is 13.0. The lowest BCUT2D eigenvalue weighted by molar-refractivity contribution is 0.551. The van der Waals surface area contributed by atoms with Gasteiger partial charge in [0, 0.05) is 5.56 Å². The zero-order valence-corrected chi connectivity index (χ0v) is 6.71. The van der Waals surface area contributed by atoms with E-state index in [0.717, 1.165) is 0 Å². The molecule has 0 aromatic heterocycles. The third kappa shape index (κ3) is 1.44. The highest BCUT2D eigenvalue weighted by molar-refractivity contribution is 5.30. The Labute approximate surface area is 70.4 Å². The van der Waals surface area contributed by atoms with Gasteiger partial charge in [-0.25, -0.2) is 4.39 Å². The number of halogens is 1. The molecule has 0 aliphatic heterocycles. The normalized spacial score (nSPS) is 14.8. The van der Waals surface area contributed by atoms with E-state index < -0.39 is 11.4 Å². The molecule has 0 spiro atoms. The molecular weight excluding hydrogens is 155 g/mol. The Bertz CT molecular complexity index is 326. The van der Waals surface area contributed by atoms with Crippen molar-refractivity contribution in [2.75, 3.05) is 0 Å². The molecule has 2 nitrogen and oxygen atoms in total. The third-order valence-corrected chi connectivity index (χ3v) is 1.67. The Balaban J connectivity index is 3.22. The first-order chi connectivity index (χ1) is 5.58. The smallest absolute Gasteiger partial charge is 0.129 e. The van der Waals surface area contributed by atoms with Crippen LogP contribution in [0.15, 0.2) is 24.3 Å². The predicted octanol–water partition coefficient (Wildman–Crippen LogP) is 1.52. The maximum Gasteiger partial charge on any atom is 0.129 e. The molecule has 0 aliphatic rings. The van der Waals surface area contributed by atoms with Gasteiger partial charge in [-0.2, -0.15) is 5.26 Å². The SMILES string of the molecule is CC(N)(C#N)c1ccccc1F. The molecule has 0 bridgehead atoms. The molecule has 3 heteroatoms. The van der Waals surface area contributed by atoms with Crippen LogP contribution in [0.1, 0.15) is 12.5 Å². The highest BCUT2D eigenvalue weighted by atomic mass is 19.1. The lowest BCUT2D eigenvalue weighted by Crippen LogP contribution is -2.31. The molecule has 2 N–H and O–H groups in total. The highest BCUT2D eigenvalue weighted by Crippen LogP contribution is 2.19. The van der Waals surface area contributed by atoms with Gasteiger partial charge in [0.1, 0.15) is 11.4 Å². The van der Waals surface area contributed by atoms with E-state index in [2.05, 4.69) is 0 Å². The van der Waals surface area contributed by atoms with Gasteiger partial charge in [-0.3, -0.25) is 0 Å². The van der Waals surface area contributed by atoms with Crippen LogP contribution in [0, 0.1) is 17.1 Å². The van der Waals surface area contributed by atoms with Gasteiger partial charge >= 0.3 is 0 Å². The van der Waals surface area contributed by atoms with Gasteiger partial charge in [-0.1, -0.05) is 18.2 Å². The molecule has 1 unspecified atom stereocenters. The number of nitriles is 1. The van der Waals surface area contributed by atoms with Crippen LogP contribution in [0.25, 0.3) is 0 Å². The van der Waals surface area contributed by atoms with Gasteiger partial charge in [0.2, 0.25) is 0 Å². The summed E-state index contributed by atoms with van der Waals surface area (Å²) >= 11 is 0. The van der Waals surface area contributed by atoms with Crippen LogP contribution in [-0.4, -0.2) is 0 Å². The highest BCUT2D eigenvalue weighted by Gasteiger charge is 2.23. The predicted molar refractivity (Wildman–Crippen MR) is 43.6 cm³/mol. The molecule has 1 rings (SSSR count). The second-order valence-electron chi connectivity index (χ2n) is 2.79. The van der Waals surface area contributed by atoms with Gasteiger partial charge in [0.15, 0.2) is 0 Å². The lowest BCUT2D eigenvalue weighted by atomic mass is 9.95. The summed E-state index contributed by atoms with van der Waals surface area (Å²) in [5, 5.41) is 8.63. The van der Waals surface area contributed by atoms with Crippen molar-refractivity contribution in [3.8, 4) is 6.07 Å². The number of nitrogens with two attached hydrogens (primary N) is 1. The summed E-state index contributed by atoms with van der Waals surface area (Å²) in [6, 6.07) is 7.85. The summed E-state index contributed by atoms with van der Waals surface area (Å²) in [5.41, 5.74) is 4.52. The molecular formula is C9H9FN2. The Morgan fingerprint density at radius 3 is 2.58 bits per heavy atom. The van der Waals surface area contributed by atoms with E-state index in [1.807, 2.05) is 6.07 Å². The molecule has 0 aliphatic carbocycles. The fourth-order valence-electron chi connectivity index (χ4n) is 0.943. The van der Waals surface area contributed by atoms with E-state index in [9.17, 15) is 4.39 Å². The first-order valence-electron chi connectivity index (χ1n) is 3.53. The number of nitrogens with zero attached hydrogens (tertiary/aromatic N) is 1. The topological polar surface area (TPSA) is 49.8 Å². The second-order valence-corrected chi connectivity index (χ2v) is 2.79. The van der Waals surface area contributed by atoms with Crippen molar-refractivity contribution < 1.29 is 4.39 Å². The van der Waals surface area contributed by atoms with Gasteiger partial charge in [0.05, 0.1) is 6.07 Å². The average molecular weight is 164 g/mol. The van der Waals surface area contributed by atoms with Crippen molar-refractivity contribution in [3.05, 3.63) is 35.6 Å². The number of hydrogen-bond donors (Lipinski definition) is 1. The van der Waals surface area contributed by atoms with E-state index >= 15 is 0 Å². The van der Waals surface area contributed by atoms with E-state index in [1.165, 1.54) is 19.1 Å². The molecule has 0 saturated heterocycles. The van der Waals surface area contributed by atoms with Crippen LogP contribution in [-0.2, 0) is 5.54 Å². The quantitative estimate of drug-likeness (QED) is 0.684. The van der Waals surface area contributed by atoms with Crippen molar-refractivity contribution in [1.82, 2.24) is 0 Å². The van der Waals surface area contributed by atoms with Gasteiger partial charge in [-0.05, 0) is 13.0 Å². The van der Waals surface area contributed by atoms with Crippen molar-refractivity contribution in [2.45, 2.75) is 12.5 Å². The Morgan fingerprint density at radius 2 is 2.08 bits per heavy atom. The van der Waals surface area contributed by atoms with Crippen molar-refractivity contribution in [3.63, 3.8) is 0 Å². The van der Waals surface area contributed by atoms with Crippen LogP contribution < -0.4 is 5.73 Å². The Kier molecular flexibility index (Phi) is 2.11. The zero-order chi connectivity index (χ0) is 9.19. The standard InChI is InChI=1S/C9H9FN2/c1-9(12,6-11)7-4-2-3-5-8(7)10/h2-5H,12H2,1H3. The first-order valence-corrected chi connectivity index (χ1v) is 3.53. The van der Waals surface area contributed by atoms with Crippen LogP contribution >= 0.6 is 0 Å². The van der Waals surface area contributed by atoms with Crippen LogP contribution in [0.2, 0.25) is 0 Å². The summed E-state index contributed by atoms with van der Waals surface area (Å²) < 4.78 is 13.0. The zero-order valence-electron chi connectivity index (χ0n) is 6.71. The molecule has 1 atom stereocenters. The van der Waals surface area contributed by atoms with Crippen molar-refractivity contribution >= 4 is 0 Å². The minimum atomic E-state index is -1.24. The van der Waals surface area contributed by atoms with Crippen LogP contribution in [0.5, 0.6) is 0 Å². The molecule has 0 fully saturated rings. The molecule has 1 aromatic carbocycles. The largest absolute Gasteiger partial charge is 0.310 e. The van der Waals surface area contributed by atoms with Crippen molar-refractivity contribution in [2.24, 2.45) is 5.73 Å². The van der Waals surface area contributed by atoms with Gasteiger partial charge in [0.25, 0.3) is 0 Å². The molecule has 62 valence electrons. The summed E-state index contributed by atoms with van der Waals surface area (Å²) in [6.07, 6.45) is 0. The summed E-state index contributed by atoms with van der Waals surface area (Å²) in [5.74, 6) is -0.441. The Morgan fingerprint density at radius 1 is 1.50 bits per heavy atom. The molecule has 0 amide bonds. The molecule has 12 heavy (non-hydrogen) atoms. The molecule has 0 heterocycles. The van der Waals surface area contributed by atoms with Gasteiger partial charge in [-0.15, -0.1) is 0 Å². The van der Waals surface area contributed by atoms with Crippen molar-refractivity contribution in [1.29, 1.82) is 5.26 Å². The number of rotatable bonds is 1. The van der Waals surface area contributed by atoms with Crippen LogP contribution in [0.4, 0.5) is 4.39 Å². The van der Waals surface area contributed by atoms with E-state index in [0.29, 0.717) is 0 Å². The second kappa shape index (κ2) is 2.92. The van der Waals surface area contributed by atoms with E-state index in [-0.39, 0.29) is 5.56 Å². The summed E-state index contributed by atoms with van der Waals surface area (Å²) in [4.78, 5) is 0. The van der Waals surface area contributed by atoms with Crippen LogP contribution in [0.3, 0.4) is 0 Å². The molecule has 0 saturated carbocycles. The Hall–Kier alpha value is -1.40. The summed E-state index contributed by atoms with van der Waals surface area (Å²) in [7, 11) is 0. The average Bonchev–Trinajstić information content (AvgIpc) is 2.05. The third-order valence-electron chi connectivity index (χ3n) is 1.67. The minimum absolute atomic E-state index is 0.229. The van der Waals surface area contributed by atoms with E-state index in [4.69, 9.17) is 11.0 Å². The number of hydrogen-bond acceptors (Lipinski definition) is 2. The molecule has 1 aromatic rings. The summed E-state index contributed by atoms with van der Waals surface area (Å²) in [6.45, 7) is 1.48.